The van der Waals surface area contributed by atoms with Gasteiger partial charge in [-0.25, -0.2) is 8.42 Å². The highest BCUT2D eigenvalue weighted by Crippen LogP contribution is 2.60. The molecule has 3 nitrogen and oxygen atoms in total. The van der Waals surface area contributed by atoms with E-state index >= 15 is 0 Å². The second kappa shape index (κ2) is 9.58. The fourth-order valence-electron chi connectivity index (χ4n) is 7.43. The Balaban J connectivity index is 1.59. The Morgan fingerprint density at radius 1 is 1.21 bits per heavy atom. The van der Waals surface area contributed by atoms with Crippen LogP contribution in [-0.2, 0) is 14.3 Å². The van der Waals surface area contributed by atoms with Gasteiger partial charge in [0.2, 0.25) is 0 Å². The van der Waals surface area contributed by atoms with E-state index in [2.05, 4.69) is 76.4 Å². The summed E-state index contributed by atoms with van der Waals surface area (Å²) in [5.41, 5.74) is 4.21. The third-order valence-electron chi connectivity index (χ3n) is 10.4. The van der Waals surface area contributed by atoms with Gasteiger partial charge in [0.25, 0.3) is 0 Å². The minimum absolute atomic E-state index is 0.172. The van der Waals surface area contributed by atoms with Crippen LogP contribution in [0.1, 0.15) is 86.0 Å². The molecule has 4 rings (SSSR count). The van der Waals surface area contributed by atoms with E-state index in [-0.39, 0.29) is 16.9 Å². The van der Waals surface area contributed by atoms with Crippen molar-refractivity contribution in [3.63, 3.8) is 0 Å². The van der Waals surface area contributed by atoms with Crippen molar-refractivity contribution < 1.29 is 12.8 Å². The molecular formula is C28H47IO3SSi. The predicted molar refractivity (Wildman–Crippen MR) is 155 cm³/mol. The molecule has 194 valence electrons. The first-order valence-corrected chi connectivity index (χ1v) is 19.7. The lowest BCUT2D eigenvalue weighted by Gasteiger charge is -2.44. The molecule has 3 aliphatic carbocycles. The van der Waals surface area contributed by atoms with Gasteiger partial charge in [-0.2, -0.15) is 0 Å². The molecule has 1 heterocycles. The maximum Gasteiger partial charge on any atom is 0.192 e. The molecule has 2 fully saturated rings. The lowest BCUT2D eigenvalue weighted by molar-refractivity contribution is 0.106. The van der Waals surface area contributed by atoms with E-state index in [1.807, 2.05) is 0 Å². The van der Waals surface area contributed by atoms with Crippen molar-refractivity contribution >= 4 is 40.7 Å². The number of allylic oxidation sites excluding steroid dienone is 1. The SMILES string of the molecule is C[C@H](CI)[C@H]1CC[C@H]2/C(=C/C3C4=C(CC[C@H](O[Si](C)(C)C(C)(C)C)C4)CS3(=O)=O)CCC[C@]12C. The second-order valence-electron chi connectivity index (χ2n) is 13.6. The van der Waals surface area contributed by atoms with Crippen LogP contribution in [0.25, 0.3) is 0 Å². The van der Waals surface area contributed by atoms with Crippen molar-refractivity contribution in [2.45, 2.75) is 115 Å². The molecule has 2 saturated carbocycles. The smallest absolute Gasteiger partial charge is 0.192 e. The summed E-state index contributed by atoms with van der Waals surface area (Å²) in [4.78, 5) is 0. The number of rotatable bonds is 5. The Kier molecular flexibility index (Phi) is 7.71. The summed E-state index contributed by atoms with van der Waals surface area (Å²) in [5, 5.41) is -0.224. The summed E-state index contributed by atoms with van der Waals surface area (Å²) < 4.78 is 34.8. The molecule has 6 heteroatoms. The van der Waals surface area contributed by atoms with Crippen molar-refractivity contribution in [1.29, 1.82) is 0 Å². The quantitative estimate of drug-likeness (QED) is 0.136. The maximum atomic E-state index is 13.4. The van der Waals surface area contributed by atoms with Gasteiger partial charge in [0.15, 0.2) is 18.2 Å². The molecule has 0 saturated heterocycles. The van der Waals surface area contributed by atoms with E-state index in [0.717, 1.165) is 37.5 Å². The molecule has 0 N–H and O–H groups in total. The Morgan fingerprint density at radius 3 is 2.56 bits per heavy atom. The highest BCUT2D eigenvalue weighted by Gasteiger charge is 2.51. The van der Waals surface area contributed by atoms with Gasteiger partial charge in [-0.1, -0.05) is 74.4 Å². The fourth-order valence-corrected chi connectivity index (χ4v) is 11.5. The molecule has 4 aliphatic rings. The Bertz CT molecular complexity index is 961. The number of sulfone groups is 1. The van der Waals surface area contributed by atoms with Crippen LogP contribution in [0, 0.1) is 23.2 Å². The van der Waals surface area contributed by atoms with Crippen LogP contribution in [0.5, 0.6) is 0 Å². The number of hydrogen-bond acceptors (Lipinski definition) is 3. The van der Waals surface area contributed by atoms with Crippen LogP contribution in [0.15, 0.2) is 22.8 Å². The molecule has 0 bridgehead atoms. The van der Waals surface area contributed by atoms with Crippen molar-refractivity contribution in [2.24, 2.45) is 23.2 Å². The first-order valence-electron chi connectivity index (χ1n) is 13.6. The normalized spacial score (nSPS) is 38.2. The van der Waals surface area contributed by atoms with Gasteiger partial charge >= 0.3 is 0 Å². The van der Waals surface area contributed by atoms with Crippen molar-refractivity contribution in [3.05, 3.63) is 22.8 Å². The average Bonchev–Trinajstić information content (AvgIpc) is 3.20. The van der Waals surface area contributed by atoms with Gasteiger partial charge in [0.05, 0.1) is 5.75 Å². The third kappa shape index (κ3) is 4.92. The molecule has 0 aromatic rings. The molecule has 0 aromatic carbocycles. The zero-order valence-corrected chi connectivity index (χ0v) is 26.5. The summed E-state index contributed by atoms with van der Waals surface area (Å²) in [6, 6.07) is 0. The van der Waals surface area contributed by atoms with Gasteiger partial charge in [-0.15, -0.1) is 0 Å². The largest absolute Gasteiger partial charge is 0.414 e. The third-order valence-corrected chi connectivity index (χ3v) is 18.2. The molecule has 1 aliphatic heterocycles. The van der Waals surface area contributed by atoms with Crippen LogP contribution in [-0.4, -0.2) is 38.3 Å². The minimum Gasteiger partial charge on any atom is -0.414 e. The topological polar surface area (TPSA) is 43.4 Å². The predicted octanol–water partition coefficient (Wildman–Crippen LogP) is 7.87. The second-order valence-corrected chi connectivity index (χ2v) is 21.3. The Labute approximate surface area is 224 Å². The van der Waals surface area contributed by atoms with Gasteiger partial charge in [-0.05, 0) is 98.2 Å². The van der Waals surface area contributed by atoms with Crippen molar-refractivity contribution in [3.8, 4) is 0 Å². The highest BCUT2D eigenvalue weighted by atomic mass is 127. The molecule has 6 atom stereocenters. The summed E-state index contributed by atoms with van der Waals surface area (Å²) in [6.07, 6.45) is 11.2. The standard InChI is InChI=1S/C28H47IO3SSi/c1-19(17-29)24-12-13-25-20(9-8-14-28(24,25)5)15-26-23-16-22(32-34(6,7)27(2,3)4)11-10-21(23)18-33(26,30)31/h15,19,22,24-26H,8-14,16-18H2,1-7H3/b20-15+/t19-,22+,24-,25+,26?,28-/m1/s1. The van der Waals surface area contributed by atoms with E-state index in [4.69, 9.17) is 4.43 Å². The summed E-state index contributed by atoms with van der Waals surface area (Å²) in [5.74, 6) is 2.36. The molecule has 0 amide bonds. The van der Waals surface area contributed by atoms with Gasteiger partial charge in [-0.3, -0.25) is 0 Å². The molecular weight excluding hydrogens is 571 g/mol. The van der Waals surface area contributed by atoms with Crippen LogP contribution in [0.2, 0.25) is 18.1 Å². The molecule has 34 heavy (non-hydrogen) atoms. The lowest BCUT2D eigenvalue weighted by Crippen LogP contribution is -2.44. The summed E-state index contributed by atoms with van der Waals surface area (Å²) in [6.45, 7) is 16.4. The molecule has 0 radical (unpaired) electrons. The molecule has 0 aromatic heterocycles. The zero-order valence-electron chi connectivity index (χ0n) is 22.5. The monoisotopic (exact) mass is 618 g/mol. The number of hydrogen-bond donors (Lipinski definition) is 0. The van der Waals surface area contributed by atoms with E-state index in [0.29, 0.717) is 11.3 Å². The van der Waals surface area contributed by atoms with Gasteiger partial charge in [0, 0.05) is 10.5 Å². The summed E-state index contributed by atoms with van der Waals surface area (Å²) >= 11 is 2.55. The van der Waals surface area contributed by atoms with E-state index in [9.17, 15) is 8.42 Å². The van der Waals surface area contributed by atoms with Crippen LogP contribution in [0.3, 0.4) is 0 Å². The van der Waals surface area contributed by atoms with Crippen molar-refractivity contribution in [1.82, 2.24) is 0 Å². The summed E-state index contributed by atoms with van der Waals surface area (Å²) in [7, 11) is -5.02. The Morgan fingerprint density at radius 2 is 1.91 bits per heavy atom. The number of fused-ring (bicyclic) bond motifs is 1. The van der Waals surface area contributed by atoms with E-state index in [1.165, 1.54) is 46.8 Å². The highest BCUT2D eigenvalue weighted by molar-refractivity contribution is 14.1. The fraction of sp³-hybridized carbons (Fsp3) is 0.857. The van der Waals surface area contributed by atoms with E-state index in [1.54, 1.807) is 0 Å². The maximum absolute atomic E-state index is 13.4. The minimum atomic E-state index is -3.14. The molecule has 0 spiro atoms. The van der Waals surface area contributed by atoms with E-state index < -0.39 is 23.4 Å². The van der Waals surface area contributed by atoms with Gasteiger partial charge < -0.3 is 4.43 Å². The van der Waals surface area contributed by atoms with Gasteiger partial charge in [0.1, 0.15) is 5.25 Å². The first kappa shape index (κ1) is 27.4. The molecule has 1 unspecified atom stereocenters. The van der Waals surface area contributed by atoms with Crippen LogP contribution in [0.4, 0.5) is 0 Å². The average molecular weight is 619 g/mol. The lowest BCUT2D eigenvalue weighted by atomic mass is 9.61. The number of alkyl halides is 1. The first-order chi connectivity index (χ1) is 15.7. The van der Waals surface area contributed by atoms with Crippen LogP contribution >= 0.6 is 22.6 Å². The zero-order chi connectivity index (χ0) is 25.1. The van der Waals surface area contributed by atoms with Crippen LogP contribution < -0.4 is 0 Å². The number of halogens is 1. The Hall–Kier alpha value is 0.337. The van der Waals surface area contributed by atoms with Crippen molar-refractivity contribution in [2.75, 3.05) is 10.2 Å².